The lowest BCUT2D eigenvalue weighted by molar-refractivity contribution is 0.214. The molecule has 0 amide bonds. The molecule has 1 saturated heterocycles. The van der Waals surface area contributed by atoms with Gasteiger partial charge in [0.15, 0.2) is 0 Å². The molecule has 0 aliphatic carbocycles. The highest BCUT2D eigenvalue weighted by Gasteiger charge is 2.26. The number of hydrogen-bond donors (Lipinski definition) is 0. The minimum absolute atomic E-state index is 0.104. The Labute approximate surface area is 76.1 Å². The maximum absolute atomic E-state index is 3.33. The average molecular weight is 165 g/mol. The maximum Gasteiger partial charge on any atom is 0.0768 e. The molecule has 0 bridgehead atoms. The Bertz CT molecular complexity index is 189. The minimum Gasteiger partial charge on any atom is -0.288 e. The van der Waals surface area contributed by atoms with Crippen LogP contribution in [-0.4, -0.2) is 23.5 Å². The highest BCUT2D eigenvalue weighted by Crippen LogP contribution is 2.19. The Morgan fingerprint density at radius 2 is 1.83 bits per heavy atom. The topological polar surface area (TPSA) is 3.24 Å². The van der Waals surface area contributed by atoms with Crippen molar-refractivity contribution in [2.75, 3.05) is 13.1 Å². The molecule has 0 saturated carbocycles. The van der Waals surface area contributed by atoms with E-state index in [1.807, 2.05) is 0 Å². The first kappa shape index (κ1) is 9.61. The number of rotatable bonds is 1. The van der Waals surface area contributed by atoms with Crippen molar-refractivity contribution in [2.24, 2.45) is 0 Å². The van der Waals surface area contributed by atoms with Crippen molar-refractivity contribution in [1.82, 2.24) is 4.90 Å². The fourth-order valence-electron chi connectivity index (χ4n) is 1.66. The summed E-state index contributed by atoms with van der Waals surface area (Å²) in [6.45, 7) is 9.01. The molecule has 0 aromatic carbocycles. The molecule has 1 aliphatic heterocycles. The third kappa shape index (κ3) is 2.25. The van der Waals surface area contributed by atoms with Crippen LogP contribution < -0.4 is 0 Å². The van der Waals surface area contributed by atoms with Crippen LogP contribution in [0.3, 0.4) is 0 Å². The van der Waals surface area contributed by atoms with Gasteiger partial charge in [-0.2, -0.15) is 0 Å². The first-order valence-corrected chi connectivity index (χ1v) is 4.92. The van der Waals surface area contributed by atoms with E-state index in [1.165, 1.54) is 25.9 Å². The summed E-state index contributed by atoms with van der Waals surface area (Å²) in [5.74, 6) is 6.50. The third-order valence-electron chi connectivity index (χ3n) is 2.47. The number of nitrogens with zero attached hydrogens (tertiary/aromatic N) is 1. The van der Waals surface area contributed by atoms with Crippen LogP contribution in [0.5, 0.6) is 0 Å². The molecule has 0 radical (unpaired) electrons. The van der Waals surface area contributed by atoms with Crippen molar-refractivity contribution in [3.8, 4) is 11.8 Å². The van der Waals surface area contributed by atoms with Gasteiger partial charge in [-0.3, -0.25) is 4.90 Å². The van der Waals surface area contributed by atoms with Gasteiger partial charge in [-0.1, -0.05) is 12.8 Å². The molecule has 0 atom stereocenters. The molecule has 0 aromatic heterocycles. The molecule has 0 unspecified atom stereocenters. The van der Waals surface area contributed by atoms with Crippen LogP contribution in [0.1, 0.15) is 40.0 Å². The smallest absolute Gasteiger partial charge is 0.0768 e. The van der Waals surface area contributed by atoms with Gasteiger partial charge in [0.2, 0.25) is 0 Å². The lowest BCUT2D eigenvalue weighted by Gasteiger charge is -2.30. The first-order valence-electron chi connectivity index (χ1n) is 4.92. The van der Waals surface area contributed by atoms with E-state index < -0.39 is 0 Å². The highest BCUT2D eigenvalue weighted by molar-refractivity contribution is 5.14. The molecular weight excluding hydrogens is 146 g/mol. The van der Waals surface area contributed by atoms with Gasteiger partial charge in [-0.15, -0.1) is 5.92 Å². The molecule has 0 aromatic rings. The standard InChI is InChI=1S/C11H19N/c1-4-5-8-11(2,3)12-9-6-7-10-12/h4,6-7,9-10H2,1-3H3. The SMILES string of the molecule is CCC#CC(C)(C)N1CCCC1. The maximum atomic E-state index is 3.33. The zero-order valence-corrected chi connectivity index (χ0v) is 8.48. The molecule has 1 nitrogen and oxygen atoms in total. The Morgan fingerprint density at radius 1 is 1.25 bits per heavy atom. The Balaban J connectivity index is 2.56. The van der Waals surface area contributed by atoms with E-state index in [9.17, 15) is 0 Å². The van der Waals surface area contributed by atoms with E-state index in [0.29, 0.717) is 0 Å². The lowest BCUT2D eigenvalue weighted by Crippen LogP contribution is -2.40. The van der Waals surface area contributed by atoms with Gasteiger partial charge in [0.05, 0.1) is 5.54 Å². The van der Waals surface area contributed by atoms with Crippen LogP contribution >= 0.6 is 0 Å². The molecule has 1 heterocycles. The van der Waals surface area contributed by atoms with Crippen LogP contribution in [0.2, 0.25) is 0 Å². The molecule has 1 fully saturated rings. The van der Waals surface area contributed by atoms with Crippen LogP contribution in [-0.2, 0) is 0 Å². The van der Waals surface area contributed by atoms with Gasteiger partial charge in [0.25, 0.3) is 0 Å². The zero-order chi connectivity index (χ0) is 9.03. The van der Waals surface area contributed by atoms with E-state index in [0.717, 1.165) is 6.42 Å². The lowest BCUT2D eigenvalue weighted by atomic mass is 10.0. The molecule has 1 rings (SSSR count). The van der Waals surface area contributed by atoms with Crippen molar-refractivity contribution < 1.29 is 0 Å². The van der Waals surface area contributed by atoms with Gasteiger partial charge < -0.3 is 0 Å². The van der Waals surface area contributed by atoms with Crippen molar-refractivity contribution in [2.45, 2.75) is 45.6 Å². The summed E-state index contributed by atoms with van der Waals surface area (Å²) in [6.07, 6.45) is 3.66. The first-order chi connectivity index (χ1) is 5.67. The second-order valence-corrected chi connectivity index (χ2v) is 3.91. The molecule has 1 heteroatoms. The normalized spacial score (nSPS) is 18.9. The summed E-state index contributed by atoms with van der Waals surface area (Å²) in [5, 5.41) is 0. The van der Waals surface area contributed by atoms with Crippen molar-refractivity contribution >= 4 is 0 Å². The van der Waals surface area contributed by atoms with E-state index in [2.05, 4.69) is 37.5 Å². The summed E-state index contributed by atoms with van der Waals surface area (Å²) in [7, 11) is 0. The summed E-state index contributed by atoms with van der Waals surface area (Å²) in [5.41, 5.74) is 0.104. The predicted molar refractivity (Wildman–Crippen MR) is 53.0 cm³/mol. The molecule has 0 spiro atoms. The van der Waals surface area contributed by atoms with Crippen LogP contribution in [0.15, 0.2) is 0 Å². The number of hydrogen-bond acceptors (Lipinski definition) is 1. The molecule has 68 valence electrons. The van der Waals surface area contributed by atoms with Gasteiger partial charge in [0.1, 0.15) is 0 Å². The second kappa shape index (κ2) is 3.96. The molecule has 1 aliphatic rings. The molecule has 0 N–H and O–H groups in total. The average Bonchev–Trinajstić information content (AvgIpc) is 2.53. The van der Waals surface area contributed by atoms with E-state index in [4.69, 9.17) is 0 Å². The van der Waals surface area contributed by atoms with E-state index >= 15 is 0 Å². The predicted octanol–water partition coefficient (Wildman–Crippen LogP) is 2.27. The summed E-state index contributed by atoms with van der Waals surface area (Å²) < 4.78 is 0. The third-order valence-corrected chi connectivity index (χ3v) is 2.47. The number of likely N-dealkylation sites (tertiary alicyclic amines) is 1. The molecule has 12 heavy (non-hydrogen) atoms. The summed E-state index contributed by atoms with van der Waals surface area (Å²) in [6, 6.07) is 0. The largest absolute Gasteiger partial charge is 0.288 e. The van der Waals surface area contributed by atoms with Crippen LogP contribution in [0.4, 0.5) is 0 Å². The van der Waals surface area contributed by atoms with Crippen LogP contribution in [0.25, 0.3) is 0 Å². The summed E-state index contributed by atoms with van der Waals surface area (Å²) >= 11 is 0. The fourth-order valence-corrected chi connectivity index (χ4v) is 1.66. The highest BCUT2D eigenvalue weighted by atomic mass is 15.2. The monoisotopic (exact) mass is 165 g/mol. The Morgan fingerprint density at radius 3 is 2.33 bits per heavy atom. The Hall–Kier alpha value is -0.480. The second-order valence-electron chi connectivity index (χ2n) is 3.91. The molecular formula is C11H19N. The minimum atomic E-state index is 0.104. The van der Waals surface area contributed by atoms with Crippen molar-refractivity contribution in [3.63, 3.8) is 0 Å². The van der Waals surface area contributed by atoms with Gasteiger partial charge >= 0.3 is 0 Å². The van der Waals surface area contributed by atoms with Gasteiger partial charge in [0, 0.05) is 6.42 Å². The van der Waals surface area contributed by atoms with E-state index in [1.54, 1.807) is 0 Å². The zero-order valence-electron chi connectivity index (χ0n) is 8.48. The van der Waals surface area contributed by atoms with E-state index in [-0.39, 0.29) is 5.54 Å². The Kier molecular flexibility index (Phi) is 3.17. The van der Waals surface area contributed by atoms with Crippen molar-refractivity contribution in [3.05, 3.63) is 0 Å². The quantitative estimate of drug-likeness (QED) is 0.539. The summed E-state index contributed by atoms with van der Waals surface area (Å²) in [4.78, 5) is 2.48. The fraction of sp³-hybridized carbons (Fsp3) is 0.818. The van der Waals surface area contributed by atoms with Crippen LogP contribution in [0, 0.1) is 11.8 Å². The van der Waals surface area contributed by atoms with Gasteiger partial charge in [-0.25, -0.2) is 0 Å². The van der Waals surface area contributed by atoms with Gasteiger partial charge in [-0.05, 0) is 39.8 Å². The van der Waals surface area contributed by atoms with Crippen molar-refractivity contribution in [1.29, 1.82) is 0 Å².